The van der Waals surface area contributed by atoms with Crippen LogP contribution < -0.4 is 0 Å². The second kappa shape index (κ2) is 4.39. The Hall–Kier alpha value is -2.93. The first-order valence-electron chi connectivity index (χ1n) is 5.68. The summed E-state index contributed by atoms with van der Waals surface area (Å²) in [5.41, 5.74) is 2.04. The van der Waals surface area contributed by atoms with Gasteiger partial charge in [0.05, 0.1) is 11.6 Å². The molecule has 0 aliphatic carbocycles. The molecule has 0 fully saturated rings. The number of hydrogen-bond donors (Lipinski definition) is 0. The molecule has 0 saturated heterocycles. The predicted molar refractivity (Wildman–Crippen MR) is 68.6 cm³/mol. The zero-order valence-electron chi connectivity index (χ0n) is 9.83. The third kappa shape index (κ3) is 1.98. The number of carbonyl (C=O) groups excluding carboxylic acids is 1. The molecule has 0 aliphatic heterocycles. The zero-order chi connectivity index (χ0) is 13.2. The third-order valence-electron chi connectivity index (χ3n) is 2.74. The van der Waals surface area contributed by atoms with Crippen LogP contribution >= 0.6 is 0 Å². The molecule has 0 unspecified atom stereocenters. The highest BCUT2D eigenvalue weighted by Crippen LogP contribution is 2.17. The molecular weight excluding hydrogens is 240 g/mol. The van der Waals surface area contributed by atoms with Crippen LogP contribution in [0.5, 0.6) is 0 Å². The fraction of sp³-hybridized carbons (Fsp3) is 0. The summed E-state index contributed by atoms with van der Waals surface area (Å²) in [6.07, 6.45) is 0. The van der Waals surface area contributed by atoms with Gasteiger partial charge in [-0.25, -0.2) is 4.98 Å². The summed E-state index contributed by atoms with van der Waals surface area (Å²) in [7, 11) is 0. The quantitative estimate of drug-likeness (QED) is 0.654. The van der Waals surface area contributed by atoms with Crippen molar-refractivity contribution in [2.45, 2.75) is 0 Å². The van der Waals surface area contributed by atoms with Gasteiger partial charge in [-0.05, 0) is 24.3 Å². The minimum absolute atomic E-state index is 0.0382. The number of rotatable bonds is 2. The standard InChI is InChI=1S/C15H8N2O2/c16-9-10-4-3-5-11(8-10)14(18)15-17-12-6-1-2-7-13(12)19-15/h1-8H. The van der Waals surface area contributed by atoms with E-state index in [9.17, 15) is 4.79 Å². The molecule has 0 bridgehead atoms. The van der Waals surface area contributed by atoms with E-state index in [0.717, 1.165) is 0 Å². The fourth-order valence-corrected chi connectivity index (χ4v) is 1.82. The van der Waals surface area contributed by atoms with Gasteiger partial charge >= 0.3 is 0 Å². The Morgan fingerprint density at radius 1 is 1.16 bits per heavy atom. The van der Waals surface area contributed by atoms with Crippen LogP contribution in [0.25, 0.3) is 11.1 Å². The average molecular weight is 248 g/mol. The van der Waals surface area contributed by atoms with Gasteiger partial charge in [-0.3, -0.25) is 4.79 Å². The Kier molecular flexibility index (Phi) is 2.58. The van der Waals surface area contributed by atoms with Crippen LogP contribution in [0.2, 0.25) is 0 Å². The Balaban J connectivity index is 2.05. The smallest absolute Gasteiger partial charge is 0.269 e. The highest BCUT2D eigenvalue weighted by Gasteiger charge is 2.16. The van der Waals surface area contributed by atoms with E-state index in [1.807, 2.05) is 18.2 Å². The van der Waals surface area contributed by atoms with Crippen molar-refractivity contribution >= 4 is 16.9 Å². The van der Waals surface area contributed by atoms with Gasteiger partial charge < -0.3 is 4.42 Å². The average Bonchev–Trinajstić information content (AvgIpc) is 2.90. The first kappa shape index (κ1) is 11.2. The van der Waals surface area contributed by atoms with Crippen molar-refractivity contribution in [1.29, 1.82) is 5.26 Å². The summed E-state index contributed by atoms with van der Waals surface area (Å²) >= 11 is 0. The molecule has 1 heterocycles. The summed E-state index contributed by atoms with van der Waals surface area (Å²) in [6, 6.07) is 15.6. The lowest BCUT2D eigenvalue weighted by Crippen LogP contribution is -2.01. The van der Waals surface area contributed by atoms with E-state index in [2.05, 4.69) is 4.98 Å². The zero-order valence-corrected chi connectivity index (χ0v) is 9.83. The number of aromatic nitrogens is 1. The van der Waals surface area contributed by atoms with Crippen molar-refractivity contribution in [3.63, 3.8) is 0 Å². The van der Waals surface area contributed by atoms with Gasteiger partial charge in [0.1, 0.15) is 5.52 Å². The van der Waals surface area contributed by atoms with E-state index in [1.165, 1.54) is 6.07 Å². The van der Waals surface area contributed by atoms with E-state index in [-0.39, 0.29) is 11.7 Å². The lowest BCUT2D eigenvalue weighted by atomic mass is 10.1. The van der Waals surface area contributed by atoms with Gasteiger partial charge in [-0.1, -0.05) is 24.3 Å². The molecule has 3 rings (SSSR count). The Morgan fingerprint density at radius 3 is 2.79 bits per heavy atom. The van der Waals surface area contributed by atoms with Crippen LogP contribution in [0.4, 0.5) is 0 Å². The van der Waals surface area contributed by atoms with Crippen LogP contribution in [0.3, 0.4) is 0 Å². The monoisotopic (exact) mass is 248 g/mol. The van der Waals surface area contributed by atoms with Crippen LogP contribution in [-0.4, -0.2) is 10.8 Å². The number of hydrogen-bond acceptors (Lipinski definition) is 4. The predicted octanol–water partition coefficient (Wildman–Crippen LogP) is 2.93. The highest BCUT2D eigenvalue weighted by molar-refractivity contribution is 6.07. The summed E-state index contributed by atoms with van der Waals surface area (Å²) in [6.45, 7) is 0. The molecule has 0 saturated carbocycles. The van der Waals surface area contributed by atoms with Crippen molar-refractivity contribution in [2.75, 3.05) is 0 Å². The van der Waals surface area contributed by atoms with E-state index in [4.69, 9.17) is 9.68 Å². The molecule has 0 radical (unpaired) electrons. The minimum Gasteiger partial charge on any atom is -0.433 e. The van der Waals surface area contributed by atoms with Crippen LogP contribution in [0.1, 0.15) is 21.8 Å². The van der Waals surface area contributed by atoms with Crippen LogP contribution in [0.15, 0.2) is 52.9 Å². The third-order valence-corrected chi connectivity index (χ3v) is 2.74. The second-order valence-electron chi connectivity index (χ2n) is 4.01. The van der Waals surface area contributed by atoms with Crippen molar-refractivity contribution in [3.8, 4) is 6.07 Å². The van der Waals surface area contributed by atoms with Gasteiger partial charge in [0.2, 0.25) is 5.78 Å². The van der Waals surface area contributed by atoms with Gasteiger partial charge in [-0.15, -0.1) is 0 Å². The molecule has 0 atom stereocenters. The van der Waals surface area contributed by atoms with Crippen molar-refractivity contribution in [1.82, 2.24) is 4.98 Å². The number of nitriles is 1. The lowest BCUT2D eigenvalue weighted by Gasteiger charge is -1.96. The molecule has 3 aromatic rings. The van der Waals surface area contributed by atoms with Crippen LogP contribution in [0, 0.1) is 11.3 Å². The first-order valence-corrected chi connectivity index (χ1v) is 5.68. The molecule has 19 heavy (non-hydrogen) atoms. The largest absolute Gasteiger partial charge is 0.433 e. The first-order chi connectivity index (χ1) is 9.28. The molecule has 0 aliphatic rings. The van der Waals surface area contributed by atoms with Gasteiger partial charge in [0.15, 0.2) is 5.58 Å². The maximum absolute atomic E-state index is 12.2. The normalized spacial score (nSPS) is 10.3. The van der Waals surface area contributed by atoms with E-state index < -0.39 is 0 Å². The number of nitrogens with zero attached hydrogens (tertiary/aromatic N) is 2. The number of fused-ring (bicyclic) bond motifs is 1. The molecule has 0 spiro atoms. The van der Waals surface area contributed by atoms with E-state index >= 15 is 0 Å². The summed E-state index contributed by atoms with van der Waals surface area (Å²) in [5, 5.41) is 8.83. The number of oxazole rings is 1. The number of carbonyl (C=O) groups is 1. The molecule has 1 aromatic heterocycles. The van der Waals surface area contributed by atoms with E-state index in [0.29, 0.717) is 22.2 Å². The Bertz CT molecular complexity index is 779. The maximum atomic E-state index is 12.2. The highest BCUT2D eigenvalue weighted by atomic mass is 16.4. The number of para-hydroxylation sites is 2. The molecule has 0 N–H and O–H groups in total. The van der Waals surface area contributed by atoms with Crippen molar-refractivity contribution < 1.29 is 9.21 Å². The summed E-state index contributed by atoms with van der Waals surface area (Å²) < 4.78 is 5.41. The molecule has 4 heteroatoms. The van der Waals surface area contributed by atoms with Gasteiger partial charge in [-0.2, -0.15) is 5.26 Å². The molecule has 2 aromatic carbocycles. The van der Waals surface area contributed by atoms with Gasteiger partial charge in [0, 0.05) is 5.56 Å². The van der Waals surface area contributed by atoms with Crippen molar-refractivity contribution in [2.24, 2.45) is 0 Å². The summed E-state index contributed by atoms with van der Waals surface area (Å²) in [5.74, 6) is -0.287. The maximum Gasteiger partial charge on any atom is 0.269 e. The SMILES string of the molecule is N#Cc1cccc(C(=O)c2nc3ccccc3o2)c1. The second-order valence-corrected chi connectivity index (χ2v) is 4.01. The molecule has 90 valence electrons. The molecule has 0 amide bonds. The number of benzene rings is 2. The topological polar surface area (TPSA) is 66.9 Å². The van der Waals surface area contributed by atoms with E-state index in [1.54, 1.807) is 30.3 Å². The Morgan fingerprint density at radius 2 is 2.00 bits per heavy atom. The van der Waals surface area contributed by atoms with Crippen molar-refractivity contribution in [3.05, 3.63) is 65.5 Å². The molecule has 4 nitrogen and oxygen atoms in total. The molecular formula is C15H8N2O2. The summed E-state index contributed by atoms with van der Waals surface area (Å²) in [4.78, 5) is 16.4. The fourth-order valence-electron chi connectivity index (χ4n) is 1.82. The lowest BCUT2D eigenvalue weighted by molar-refractivity contribution is 0.100. The van der Waals surface area contributed by atoms with Gasteiger partial charge in [0.25, 0.3) is 5.89 Å². The minimum atomic E-state index is -0.326. The number of ketones is 1. The van der Waals surface area contributed by atoms with Crippen LogP contribution in [-0.2, 0) is 0 Å². The Labute approximate surface area is 108 Å².